The van der Waals surface area contributed by atoms with E-state index in [-0.39, 0.29) is 18.0 Å². The van der Waals surface area contributed by atoms with Gasteiger partial charge in [-0.1, -0.05) is 57.0 Å². The monoisotopic (exact) mass is 286 g/mol. The summed E-state index contributed by atoms with van der Waals surface area (Å²) in [5.74, 6) is 0.257. The summed E-state index contributed by atoms with van der Waals surface area (Å²) in [6, 6.07) is 9.54. The van der Waals surface area contributed by atoms with Crippen LogP contribution in [0.2, 0.25) is 0 Å². The van der Waals surface area contributed by atoms with Crippen LogP contribution in [0.25, 0.3) is 0 Å². The van der Waals surface area contributed by atoms with Crippen LogP contribution in [0.1, 0.15) is 51.1 Å². The van der Waals surface area contributed by atoms with E-state index < -0.39 is 5.41 Å². The van der Waals surface area contributed by atoms with Gasteiger partial charge in [-0.15, -0.1) is 4.91 Å². The van der Waals surface area contributed by atoms with E-state index in [9.17, 15) is 9.70 Å². The minimum absolute atomic E-state index is 0.0259. The Hall–Kier alpha value is -1.71. The van der Waals surface area contributed by atoms with Gasteiger partial charge >= 0.3 is 0 Å². The molecule has 1 aliphatic heterocycles. The van der Waals surface area contributed by atoms with Crippen molar-refractivity contribution in [3.05, 3.63) is 40.8 Å². The Morgan fingerprint density at radius 2 is 1.81 bits per heavy atom. The van der Waals surface area contributed by atoms with Crippen LogP contribution in [-0.2, 0) is 4.79 Å². The fraction of sp³-hybridized carbons (Fsp3) is 0.588. The van der Waals surface area contributed by atoms with E-state index in [0.29, 0.717) is 5.78 Å². The fourth-order valence-corrected chi connectivity index (χ4v) is 4.18. The van der Waals surface area contributed by atoms with Gasteiger partial charge in [0.25, 0.3) is 0 Å². The maximum absolute atomic E-state index is 13.0. The number of fused-ring (bicyclic) bond motifs is 1. The van der Waals surface area contributed by atoms with E-state index >= 15 is 0 Å². The molecular formula is C17H22N2O2. The summed E-state index contributed by atoms with van der Waals surface area (Å²) in [7, 11) is 0. The van der Waals surface area contributed by atoms with Crippen molar-refractivity contribution in [1.29, 1.82) is 0 Å². The van der Waals surface area contributed by atoms with Gasteiger partial charge in [0.1, 0.15) is 5.78 Å². The first-order valence-corrected chi connectivity index (χ1v) is 7.78. The van der Waals surface area contributed by atoms with Gasteiger partial charge < -0.3 is 0 Å². The van der Waals surface area contributed by atoms with Crippen molar-refractivity contribution in [3.63, 3.8) is 0 Å². The molecular weight excluding hydrogens is 264 g/mol. The first-order valence-electron chi connectivity index (χ1n) is 7.78. The summed E-state index contributed by atoms with van der Waals surface area (Å²) in [6.45, 7) is 3.91. The number of ketones is 1. The highest BCUT2D eigenvalue weighted by Crippen LogP contribution is 2.50. The molecule has 1 saturated heterocycles. The molecule has 4 heteroatoms. The summed E-state index contributed by atoms with van der Waals surface area (Å²) in [5.41, 5.74) is 0.410. The minimum atomic E-state index is -0.590. The van der Waals surface area contributed by atoms with Gasteiger partial charge in [0.05, 0.1) is 17.4 Å². The SMILES string of the molecule is CC1(C)C(=O)C2CCCCC2N(N=O)[C@H]1c1ccccc1. The van der Waals surface area contributed by atoms with Crippen LogP contribution in [0, 0.1) is 16.2 Å². The highest BCUT2D eigenvalue weighted by molar-refractivity contribution is 5.89. The lowest BCUT2D eigenvalue weighted by molar-refractivity contribution is -0.151. The molecule has 0 radical (unpaired) electrons. The van der Waals surface area contributed by atoms with Crippen molar-refractivity contribution in [2.45, 2.75) is 51.6 Å². The Morgan fingerprint density at radius 1 is 1.14 bits per heavy atom. The number of benzene rings is 1. The molecule has 0 aromatic heterocycles. The quantitative estimate of drug-likeness (QED) is 0.775. The highest BCUT2D eigenvalue weighted by Gasteiger charge is 2.54. The lowest BCUT2D eigenvalue weighted by atomic mass is 9.64. The minimum Gasteiger partial charge on any atom is -0.299 e. The number of hydrogen-bond acceptors (Lipinski definition) is 3. The number of piperidine rings is 1. The van der Waals surface area contributed by atoms with Crippen molar-refractivity contribution in [1.82, 2.24) is 5.01 Å². The summed E-state index contributed by atoms with van der Waals surface area (Å²) in [4.78, 5) is 24.5. The Kier molecular flexibility index (Phi) is 3.56. The molecule has 4 nitrogen and oxygen atoms in total. The van der Waals surface area contributed by atoms with Crippen LogP contribution in [0.4, 0.5) is 0 Å². The largest absolute Gasteiger partial charge is 0.299 e. The summed E-state index contributed by atoms with van der Waals surface area (Å²) in [5, 5.41) is 5.03. The van der Waals surface area contributed by atoms with E-state index in [2.05, 4.69) is 5.29 Å². The molecule has 0 amide bonds. The number of carbonyl (C=O) groups excluding carboxylic acids is 1. The van der Waals surface area contributed by atoms with Gasteiger partial charge in [-0.3, -0.25) is 4.79 Å². The van der Waals surface area contributed by atoms with Crippen LogP contribution in [0.3, 0.4) is 0 Å². The molecule has 1 heterocycles. The van der Waals surface area contributed by atoms with E-state index in [0.717, 1.165) is 31.2 Å². The molecule has 1 aromatic carbocycles. The first-order chi connectivity index (χ1) is 10.1. The zero-order valence-corrected chi connectivity index (χ0v) is 12.7. The average Bonchev–Trinajstić information content (AvgIpc) is 2.51. The van der Waals surface area contributed by atoms with E-state index in [1.54, 1.807) is 5.01 Å². The molecule has 0 spiro atoms. The number of nitroso groups, excluding NO2 is 1. The predicted octanol–water partition coefficient (Wildman–Crippen LogP) is 3.88. The molecule has 0 bridgehead atoms. The standard InChI is InChI=1S/C17H22N2O2/c1-17(2)15(12-8-4-3-5-9-12)19(18-21)14-11-7-6-10-13(14)16(17)20/h3-5,8-9,13-15H,6-7,10-11H2,1-2H3/t13?,14?,15-/m0/s1. The van der Waals surface area contributed by atoms with Crippen molar-refractivity contribution >= 4 is 5.78 Å². The number of carbonyl (C=O) groups is 1. The Labute approximate surface area is 125 Å². The van der Waals surface area contributed by atoms with Crippen molar-refractivity contribution in [3.8, 4) is 0 Å². The van der Waals surface area contributed by atoms with Gasteiger partial charge in [0, 0.05) is 11.3 Å². The van der Waals surface area contributed by atoms with Gasteiger partial charge in [0.15, 0.2) is 0 Å². The lowest BCUT2D eigenvalue weighted by Gasteiger charge is -2.51. The predicted molar refractivity (Wildman–Crippen MR) is 81.4 cm³/mol. The molecule has 1 aliphatic carbocycles. The molecule has 2 unspecified atom stereocenters. The number of hydrogen-bond donors (Lipinski definition) is 0. The normalized spacial score (nSPS) is 31.6. The topological polar surface area (TPSA) is 49.7 Å². The maximum Gasteiger partial charge on any atom is 0.146 e. The molecule has 2 aliphatic rings. The van der Waals surface area contributed by atoms with Crippen LogP contribution in [-0.4, -0.2) is 16.8 Å². The molecule has 0 N–H and O–H groups in total. The van der Waals surface area contributed by atoms with E-state index in [1.165, 1.54) is 0 Å². The van der Waals surface area contributed by atoms with Crippen molar-refractivity contribution in [2.75, 3.05) is 0 Å². The second kappa shape index (κ2) is 5.24. The molecule has 21 heavy (non-hydrogen) atoms. The molecule has 1 saturated carbocycles. The smallest absolute Gasteiger partial charge is 0.146 e. The zero-order chi connectivity index (χ0) is 15.0. The average molecular weight is 286 g/mol. The van der Waals surface area contributed by atoms with Crippen molar-refractivity contribution < 1.29 is 4.79 Å². The third kappa shape index (κ3) is 2.17. The van der Waals surface area contributed by atoms with Gasteiger partial charge in [-0.25, -0.2) is 5.01 Å². The van der Waals surface area contributed by atoms with Crippen LogP contribution in [0.15, 0.2) is 35.6 Å². The summed E-state index contributed by atoms with van der Waals surface area (Å²) >= 11 is 0. The van der Waals surface area contributed by atoms with Crippen LogP contribution < -0.4 is 0 Å². The van der Waals surface area contributed by atoms with Crippen molar-refractivity contribution in [2.24, 2.45) is 16.6 Å². The van der Waals surface area contributed by atoms with E-state index in [1.807, 2.05) is 44.2 Å². The second-order valence-electron chi connectivity index (χ2n) is 6.82. The van der Waals surface area contributed by atoms with Gasteiger partial charge in [-0.2, -0.15) is 0 Å². The second-order valence-corrected chi connectivity index (χ2v) is 6.82. The maximum atomic E-state index is 13.0. The molecule has 3 atom stereocenters. The number of Topliss-reactive ketones (excluding diaryl/α,β-unsaturated/α-hetero) is 1. The van der Waals surface area contributed by atoms with Crippen LogP contribution in [0.5, 0.6) is 0 Å². The molecule has 1 aromatic rings. The van der Waals surface area contributed by atoms with Gasteiger partial charge in [-0.05, 0) is 18.4 Å². The Morgan fingerprint density at radius 3 is 2.48 bits per heavy atom. The Balaban J connectivity index is 2.07. The highest BCUT2D eigenvalue weighted by atomic mass is 16.3. The Bertz CT molecular complexity index is 541. The zero-order valence-electron chi connectivity index (χ0n) is 12.7. The molecule has 112 valence electrons. The molecule has 3 rings (SSSR count). The summed E-state index contributed by atoms with van der Waals surface area (Å²) < 4.78 is 0. The lowest BCUT2D eigenvalue weighted by Crippen LogP contribution is -2.57. The van der Waals surface area contributed by atoms with Crippen LogP contribution >= 0.6 is 0 Å². The third-order valence-electron chi connectivity index (χ3n) is 5.20. The summed E-state index contributed by atoms with van der Waals surface area (Å²) in [6.07, 6.45) is 3.93. The number of nitrogens with zero attached hydrogens (tertiary/aromatic N) is 2. The number of rotatable bonds is 2. The fourth-order valence-electron chi connectivity index (χ4n) is 4.18. The van der Waals surface area contributed by atoms with E-state index in [4.69, 9.17) is 0 Å². The first kappa shape index (κ1) is 14.2. The molecule has 2 fully saturated rings. The third-order valence-corrected chi connectivity index (χ3v) is 5.20. The van der Waals surface area contributed by atoms with Gasteiger partial charge in [0.2, 0.25) is 0 Å².